The highest BCUT2D eigenvalue weighted by Crippen LogP contribution is 2.45. The minimum absolute atomic E-state index is 0.378. The van der Waals surface area contributed by atoms with E-state index in [1.807, 2.05) is 18.2 Å². The summed E-state index contributed by atoms with van der Waals surface area (Å²) in [4.78, 5) is 0. The van der Waals surface area contributed by atoms with Crippen LogP contribution in [0.1, 0.15) is 88.7 Å². The van der Waals surface area contributed by atoms with E-state index in [0.29, 0.717) is 35.6 Å². The number of aryl methyl sites for hydroxylation is 1. The van der Waals surface area contributed by atoms with E-state index in [9.17, 15) is 8.78 Å². The van der Waals surface area contributed by atoms with Gasteiger partial charge in [0.15, 0.2) is 11.6 Å². The molecule has 1 atom stereocenters. The van der Waals surface area contributed by atoms with Crippen LogP contribution in [0.3, 0.4) is 0 Å². The van der Waals surface area contributed by atoms with Crippen molar-refractivity contribution in [1.29, 1.82) is 0 Å². The number of hydrogen-bond acceptors (Lipinski definition) is 0. The molecule has 0 amide bonds. The maximum atomic E-state index is 14.9. The van der Waals surface area contributed by atoms with Gasteiger partial charge in [-0.3, -0.25) is 0 Å². The smallest absolute Gasteiger partial charge is 0.166 e. The highest BCUT2D eigenvalue weighted by Gasteiger charge is 2.32. The van der Waals surface area contributed by atoms with Crippen LogP contribution in [0.25, 0.3) is 10.8 Å². The van der Waals surface area contributed by atoms with Gasteiger partial charge in [0.25, 0.3) is 0 Å². The lowest BCUT2D eigenvalue weighted by Gasteiger charge is -2.39. The molecule has 2 fully saturated rings. The zero-order valence-electron chi connectivity index (χ0n) is 20.5. The van der Waals surface area contributed by atoms with E-state index < -0.39 is 11.6 Å². The van der Waals surface area contributed by atoms with E-state index in [0.717, 1.165) is 28.7 Å². The summed E-state index contributed by atoms with van der Waals surface area (Å²) >= 11 is 0. The Bertz CT molecular complexity index is 972. The molecule has 2 aromatic rings. The maximum absolute atomic E-state index is 14.9. The molecule has 0 aromatic heterocycles. The molecule has 0 N–H and O–H groups in total. The summed E-state index contributed by atoms with van der Waals surface area (Å²) in [5.41, 5.74) is 1.59. The van der Waals surface area contributed by atoms with Crippen molar-refractivity contribution in [2.24, 2.45) is 23.7 Å². The van der Waals surface area contributed by atoms with Gasteiger partial charge in [0.05, 0.1) is 0 Å². The van der Waals surface area contributed by atoms with E-state index in [1.165, 1.54) is 51.4 Å². The van der Waals surface area contributed by atoms with Gasteiger partial charge in [-0.25, -0.2) is 8.78 Å². The molecule has 0 heterocycles. The number of fused-ring (bicyclic) bond motifs is 1. The Morgan fingerprint density at radius 2 is 1.61 bits per heavy atom. The molecule has 0 radical (unpaired) electrons. The van der Waals surface area contributed by atoms with Crippen molar-refractivity contribution in [1.82, 2.24) is 0 Å². The molecule has 2 heteroatoms. The molecule has 1 unspecified atom stereocenters. The molecule has 2 saturated carbocycles. The molecule has 0 spiro atoms. The third-order valence-electron chi connectivity index (χ3n) is 8.73. The molecule has 0 bridgehead atoms. The highest BCUT2D eigenvalue weighted by molar-refractivity contribution is 5.85. The van der Waals surface area contributed by atoms with Gasteiger partial charge >= 0.3 is 0 Å². The molecule has 2 aliphatic rings. The molecule has 0 nitrogen and oxygen atoms in total. The lowest BCUT2D eigenvalue weighted by Crippen LogP contribution is -2.27. The fourth-order valence-corrected chi connectivity index (χ4v) is 6.59. The summed E-state index contributed by atoms with van der Waals surface area (Å²) in [5, 5.41) is 1.21. The minimum atomic E-state index is -0.696. The van der Waals surface area contributed by atoms with Gasteiger partial charge in [0.2, 0.25) is 0 Å². The maximum Gasteiger partial charge on any atom is 0.166 e. The van der Waals surface area contributed by atoms with Crippen LogP contribution in [0.2, 0.25) is 0 Å². The Morgan fingerprint density at radius 3 is 2.24 bits per heavy atom. The Labute approximate surface area is 199 Å². The van der Waals surface area contributed by atoms with E-state index in [1.54, 1.807) is 6.08 Å². The molecular weight excluding hydrogens is 410 g/mol. The van der Waals surface area contributed by atoms with Gasteiger partial charge in [-0.05, 0) is 129 Å². The van der Waals surface area contributed by atoms with Crippen LogP contribution < -0.4 is 0 Å². The topological polar surface area (TPSA) is 0 Å². The molecule has 0 saturated heterocycles. The quantitative estimate of drug-likeness (QED) is 0.368. The van der Waals surface area contributed by atoms with Gasteiger partial charge in [-0.1, -0.05) is 37.3 Å². The zero-order valence-corrected chi connectivity index (χ0v) is 20.5. The first kappa shape index (κ1) is 24.2. The van der Waals surface area contributed by atoms with Crippen molar-refractivity contribution in [2.45, 2.75) is 84.0 Å². The average Bonchev–Trinajstić information content (AvgIpc) is 2.85. The molecule has 0 aliphatic heterocycles. The standard InChI is InChI=1S/C31H40F2/c1-4-6-8-28-19-27-18-17-26(20-29(27)31(33)30(28)32)21(3)23-13-15-25(16-14-23)24-11-9-22(7-5-2)10-12-24/h4-5,7,17-25H,1,6,8-16H2,2-3H3/b7-5+. The van der Waals surface area contributed by atoms with Gasteiger partial charge in [-0.2, -0.15) is 0 Å². The average molecular weight is 451 g/mol. The summed E-state index contributed by atoms with van der Waals surface area (Å²) in [6.45, 7) is 8.10. The first-order chi connectivity index (χ1) is 16.0. The van der Waals surface area contributed by atoms with Crippen LogP contribution >= 0.6 is 0 Å². The summed E-state index contributed by atoms with van der Waals surface area (Å²) in [6.07, 6.45) is 18.2. The SMILES string of the molecule is C=CCCc1cc2ccc(C(C)C3CCC(C4CCC(/C=C/C)CC4)CC3)cc2c(F)c1F. The van der Waals surface area contributed by atoms with Crippen LogP contribution in [0.5, 0.6) is 0 Å². The monoisotopic (exact) mass is 450 g/mol. The fraction of sp³-hybridized carbons (Fsp3) is 0.548. The lowest BCUT2D eigenvalue weighted by molar-refractivity contribution is 0.148. The van der Waals surface area contributed by atoms with Crippen molar-refractivity contribution in [3.05, 3.63) is 71.8 Å². The number of benzene rings is 2. The molecule has 4 rings (SSSR count). The molecular formula is C31H40F2. The van der Waals surface area contributed by atoms with E-state index in [2.05, 4.69) is 38.6 Å². The second kappa shape index (κ2) is 11.0. The van der Waals surface area contributed by atoms with Crippen LogP contribution in [0.15, 0.2) is 49.1 Å². The van der Waals surface area contributed by atoms with Crippen molar-refractivity contribution in [3.8, 4) is 0 Å². The van der Waals surface area contributed by atoms with E-state index in [4.69, 9.17) is 0 Å². The predicted octanol–water partition coefficient (Wildman–Crippen LogP) is 9.53. The van der Waals surface area contributed by atoms with Crippen molar-refractivity contribution < 1.29 is 8.78 Å². The second-order valence-electron chi connectivity index (χ2n) is 10.6. The van der Waals surface area contributed by atoms with Crippen LogP contribution in [0, 0.1) is 35.3 Å². The summed E-state index contributed by atoms with van der Waals surface area (Å²) < 4.78 is 29.5. The van der Waals surface area contributed by atoms with Crippen LogP contribution in [-0.2, 0) is 6.42 Å². The molecule has 2 aliphatic carbocycles. The highest BCUT2D eigenvalue weighted by atomic mass is 19.2. The number of allylic oxidation sites excluding steroid dienone is 3. The molecule has 2 aromatic carbocycles. The Kier molecular flexibility index (Phi) is 8.04. The summed E-state index contributed by atoms with van der Waals surface area (Å²) in [7, 11) is 0. The Balaban J connectivity index is 1.40. The predicted molar refractivity (Wildman–Crippen MR) is 137 cm³/mol. The van der Waals surface area contributed by atoms with Crippen LogP contribution in [-0.4, -0.2) is 0 Å². The van der Waals surface area contributed by atoms with E-state index >= 15 is 0 Å². The van der Waals surface area contributed by atoms with Crippen molar-refractivity contribution >= 4 is 10.8 Å². The van der Waals surface area contributed by atoms with Gasteiger partial charge in [-0.15, -0.1) is 6.58 Å². The fourth-order valence-electron chi connectivity index (χ4n) is 6.59. The number of rotatable bonds is 7. The van der Waals surface area contributed by atoms with Gasteiger partial charge in [0, 0.05) is 5.39 Å². The van der Waals surface area contributed by atoms with Crippen LogP contribution in [0.4, 0.5) is 8.78 Å². The molecule has 178 valence electrons. The Hall–Kier alpha value is -1.96. The first-order valence-electron chi connectivity index (χ1n) is 13.2. The van der Waals surface area contributed by atoms with Crippen molar-refractivity contribution in [3.63, 3.8) is 0 Å². The number of hydrogen-bond donors (Lipinski definition) is 0. The minimum Gasteiger partial charge on any atom is -0.203 e. The third-order valence-corrected chi connectivity index (χ3v) is 8.73. The largest absolute Gasteiger partial charge is 0.203 e. The summed E-state index contributed by atoms with van der Waals surface area (Å²) in [5.74, 6) is 2.23. The van der Waals surface area contributed by atoms with Gasteiger partial charge in [0.1, 0.15) is 0 Å². The lowest BCUT2D eigenvalue weighted by atomic mass is 9.67. The summed E-state index contributed by atoms with van der Waals surface area (Å²) in [6, 6.07) is 7.83. The molecule has 33 heavy (non-hydrogen) atoms. The Morgan fingerprint density at radius 1 is 0.939 bits per heavy atom. The first-order valence-corrected chi connectivity index (χ1v) is 13.2. The van der Waals surface area contributed by atoms with Crippen molar-refractivity contribution in [2.75, 3.05) is 0 Å². The normalized spacial score (nSPS) is 27.2. The van der Waals surface area contributed by atoms with E-state index in [-0.39, 0.29) is 0 Å². The zero-order chi connectivity index (χ0) is 23.4. The second-order valence-corrected chi connectivity index (χ2v) is 10.6. The third kappa shape index (κ3) is 5.42. The van der Waals surface area contributed by atoms with Gasteiger partial charge < -0.3 is 0 Å². The number of halogens is 2.